The first-order chi connectivity index (χ1) is 7.31. The number of rotatable bonds is 6. The van der Waals surface area contributed by atoms with Crippen LogP contribution in [0.1, 0.15) is 52.4 Å². The topological polar surface area (TPSA) is 38.0 Å². The van der Waals surface area contributed by atoms with E-state index in [1.165, 1.54) is 45.1 Å². The average Bonchev–Trinajstić information content (AvgIpc) is 2.32. The molecular formula is C13H28N2. The van der Waals surface area contributed by atoms with Crippen LogP contribution in [0.2, 0.25) is 0 Å². The maximum absolute atomic E-state index is 5.92. The number of nitrogens with two attached hydrogens (primary N) is 1. The molecule has 0 aromatic carbocycles. The van der Waals surface area contributed by atoms with Crippen molar-refractivity contribution in [2.24, 2.45) is 17.6 Å². The van der Waals surface area contributed by atoms with Crippen LogP contribution in [0.25, 0.3) is 0 Å². The van der Waals surface area contributed by atoms with E-state index in [2.05, 4.69) is 19.2 Å². The Bertz CT molecular complexity index is 149. The van der Waals surface area contributed by atoms with Gasteiger partial charge in [-0.3, -0.25) is 0 Å². The molecule has 1 aliphatic rings. The van der Waals surface area contributed by atoms with Gasteiger partial charge in [-0.05, 0) is 44.2 Å². The van der Waals surface area contributed by atoms with Crippen molar-refractivity contribution >= 4 is 0 Å². The van der Waals surface area contributed by atoms with Crippen LogP contribution in [0.5, 0.6) is 0 Å². The largest absolute Gasteiger partial charge is 0.330 e. The number of hydrogen-bond acceptors (Lipinski definition) is 2. The summed E-state index contributed by atoms with van der Waals surface area (Å²) < 4.78 is 0. The first-order valence-corrected chi connectivity index (χ1v) is 6.75. The maximum Gasteiger partial charge on any atom is 0.0107 e. The molecule has 0 unspecified atom stereocenters. The minimum Gasteiger partial charge on any atom is -0.330 e. The summed E-state index contributed by atoms with van der Waals surface area (Å²) in [4.78, 5) is 0. The van der Waals surface area contributed by atoms with Gasteiger partial charge >= 0.3 is 0 Å². The van der Waals surface area contributed by atoms with Gasteiger partial charge in [0.2, 0.25) is 0 Å². The zero-order valence-electron chi connectivity index (χ0n) is 10.5. The quantitative estimate of drug-likeness (QED) is 0.710. The van der Waals surface area contributed by atoms with Crippen molar-refractivity contribution in [1.29, 1.82) is 0 Å². The van der Waals surface area contributed by atoms with Crippen molar-refractivity contribution < 1.29 is 0 Å². The molecule has 1 fully saturated rings. The van der Waals surface area contributed by atoms with Crippen molar-refractivity contribution in [1.82, 2.24) is 5.32 Å². The summed E-state index contributed by atoms with van der Waals surface area (Å²) in [5.41, 5.74) is 5.92. The molecule has 2 heteroatoms. The van der Waals surface area contributed by atoms with Crippen LogP contribution in [0.15, 0.2) is 0 Å². The van der Waals surface area contributed by atoms with Crippen LogP contribution in [0, 0.1) is 11.8 Å². The van der Waals surface area contributed by atoms with Crippen LogP contribution in [-0.2, 0) is 0 Å². The zero-order valence-corrected chi connectivity index (χ0v) is 10.5. The lowest BCUT2D eigenvalue weighted by atomic mass is 9.83. The first-order valence-electron chi connectivity index (χ1n) is 6.75. The van der Waals surface area contributed by atoms with Gasteiger partial charge in [0.1, 0.15) is 0 Å². The molecule has 0 spiro atoms. The molecule has 15 heavy (non-hydrogen) atoms. The molecule has 90 valence electrons. The van der Waals surface area contributed by atoms with Crippen molar-refractivity contribution in [3.63, 3.8) is 0 Å². The monoisotopic (exact) mass is 212 g/mol. The zero-order chi connectivity index (χ0) is 11.1. The first kappa shape index (κ1) is 13.0. The molecule has 1 aliphatic heterocycles. The van der Waals surface area contributed by atoms with Crippen LogP contribution in [0.3, 0.4) is 0 Å². The maximum atomic E-state index is 5.92. The molecule has 2 atom stereocenters. The number of nitrogens with one attached hydrogen (secondary N) is 1. The number of piperidine rings is 1. The Hall–Kier alpha value is -0.0800. The lowest BCUT2D eigenvalue weighted by Crippen LogP contribution is -2.43. The fourth-order valence-corrected chi connectivity index (χ4v) is 2.76. The lowest BCUT2D eigenvalue weighted by Gasteiger charge is -2.32. The van der Waals surface area contributed by atoms with E-state index < -0.39 is 0 Å². The Labute approximate surface area is 95.0 Å². The SMILES string of the molecule is CCC(CC)C[C@@H](CN)[C@H]1CCCCN1. The van der Waals surface area contributed by atoms with Gasteiger partial charge in [-0.15, -0.1) is 0 Å². The predicted octanol–water partition coefficient (Wildman–Crippen LogP) is 2.53. The van der Waals surface area contributed by atoms with Gasteiger partial charge in [0.25, 0.3) is 0 Å². The summed E-state index contributed by atoms with van der Waals surface area (Å²) >= 11 is 0. The molecule has 0 radical (unpaired) electrons. The molecule has 0 aliphatic carbocycles. The van der Waals surface area contributed by atoms with E-state index in [9.17, 15) is 0 Å². The summed E-state index contributed by atoms with van der Waals surface area (Å²) in [6, 6.07) is 0.698. The van der Waals surface area contributed by atoms with Gasteiger partial charge in [-0.2, -0.15) is 0 Å². The molecule has 0 aromatic heterocycles. The van der Waals surface area contributed by atoms with Crippen molar-refractivity contribution in [2.45, 2.75) is 58.4 Å². The molecule has 0 bridgehead atoms. The van der Waals surface area contributed by atoms with Crippen LogP contribution < -0.4 is 11.1 Å². The van der Waals surface area contributed by atoms with Gasteiger partial charge in [0.05, 0.1) is 0 Å². The Morgan fingerprint density at radius 3 is 2.47 bits per heavy atom. The van der Waals surface area contributed by atoms with Gasteiger partial charge in [0, 0.05) is 6.04 Å². The van der Waals surface area contributed by atoms with Crippen molar-refractivity contribution in [2.75, 3.05) is 13.1 Å². The highest BCUT2D eigenvalue weighted by Crippen LogP contribution is 2.24. The standard InChI is InChI=1S/C13H28N2/c1-3-11(4-2)9-12(10-14)13-7-5-6-8-15-13/h11-13,15H,3-10,14H2,1-2H3/t12-,13+/m0/s1. The highest BCUT2D eigenvalue weighted by atomic mass is 14.9. The molecule has 1 saturated heterocycles. The Morgan fingerprint density at radius 2 is 2.00 bits per heavy atom. The van der Waals surface area contributed by atoms with Gasteiger partial charge in [-0.25, -0.2) is 0 Å². The Kier molecular flexibility index (Phi) is 6.26. The molecule has 0 amide bonds. The van der Waals surface area contributed by atoms with Crippen LogP contribution >= 0.6 is 0 Å². The fraction of sp³-hybridized carbons (Fsp3) is 1.00. The Balaban J connectivity index is 2.38. The second-order valence-corrected chi connectivity index (χ2v) is 4.97. The normalized spacial score (nSPS) is 24.4. The summed E-state index contributed by atoms with van der Waals surface area (Å²) in [5, 5.41) is 3.64. The minimum absolute atomic E-state index is 0.698. The molecule has 1 rings (SSSR count). The van der Waals surface area contributed by atoms with Crippen LogP contribution in [0.4, 0.5) is 0 Å². The number of hydrogen-bond donors (Lipinski definition) is 2. The van der Waals surface area contributed by atoms with E-state index in [1.54, 1.807) is 0 Å². The van der Waals surface area contributed by atoms with E-state index in [0.717, 1.165) is 12.5 Å². The smallest absolute Gasteiger partial charge is 0.0107 e. The predicted molar refractivity (Wildman–Crippen MR) is 66.9 cm³/mol. The van der Waals surface area contributed by atoms with E-state index in [0.29, 0.717) is 12.0 Å². The lowest BCUT2D eigenvalue weighted by molar-refractivity contribution is 0.248. The van der Waals surface area contributed by atoms with E-state index >= 15 is 0 Å². The second-order valence-electron chi connectivity index (χ2n) is 4.97. The van der Waals surface area contributed by atoms with Gasteiger partial charge in [0.15, 0.2) is 0 Å². The van der Waals surface area contributed by atoms with Crippen LogP contribution in [-0.4, -0.2) is 19.1 Å². The molecule has 2 nitrogen and oxygen atoms in total. The van der Waals surface area contributed by atoms with Crippen molar-refractivity contribution in [3.8, 4) is 0 Å². The Morgan fingerprint density at radius 1 is 1.27 bits per heavy atom. The van der Waals surface area contributed by atoms with Gasteiger partial charge in [-0.1, -0.05) is 33.1 Å². The van der Waals surface area contributed by atoms with Crippen molar-refractivity contribution in [3.05, 3.63) is 0 Å². The highest BCUT2D eigenvalue weighted by molar-refractivity contribution is 4.81. The minimum atomic E-state index is 0.698. The fourth-order valence-electron chi connectivity index (χ4n) is 2.76. The summed E-state index contributed by atoms with van der Waals surface area (Å²) in [6.07, 6.45) is 8.00. The highest BCUT2D eigenvalue weighted by Gasteiger charge is 2.23. The molecule has 1 heterocycles. The summed E-state index contributed by atoms with van der Waals surface area (Å²) in [5.74, 6) is 1.58. The molecular weight excluding hydrogens is 184 g/mol. The third kappa shape index (κ3) is 4.12. The summed E-state index contributed by atoms with van der Waals surface area (Å²) in [7, 11) is 0. The van der Waals surface area contributed by atoms with E-state index in [4.69, 9.17) is 5.73 Å². The third-order valence-corrected chi connectivity index (χ3v) is 4.01. The summed E-state index contributed by atoms with van der Waals surface area (Å²) in [6.45, 7) is 6.66. The van der Waals surface area contributed by atoms with E-state index in [-0.39, 0.29) is 0 Å². The average molecular weight is 212 g/mol. The van der Waals surface area contributed by atoms with Gasteiger partial charge < -0.3 is 11.1 Å². The molecule has 0 aromatic rings. The third-order valence-electron chi connectivity index (χ3n) is 4.01. The second kappa shape index (κ2) is 7.24. The van der Waals surface area contributed by atoms with E-state index in [1.807, 2.05) is 0 Å². The molecule has 3 N–H and O–H groups in total. The molecule has 0 saturated carbocycles.